The Morgan fingerprint density at radius 2 is 1.85 bits per heavy atom. The highest BCUT2D eigenvalue weighted by Crippen LogP contribution is 2.18. The predicted octanol–water partition coefficient (Wildman–Crippen LogP) is 3.72. The third-order valence-corrected chi connectivity index (χ3v) is 4.43. The van der Waals surface area contributed by atoms with E-state index in [2.05, 4.69) is 36.7 Å². The summed E-state index contributed by atoms with van der Waals surface area (Å²) in [5.41, 5.74) is 1.91. The van der Waals surface area contributed by atoms with Crippen LogP contribution in [-0.4, -0.2) is 31.9 Å². The summed E-state index contributed by atoms with van der Waals surface area (Å²) in [6.45, 7) is 1.95. The maximum Gasteiger partial charge on any atom is 0.224 e. The van der Waals surface area contributed by atoms with E-state index >= 15 is 0 Å². The first kappa shape index (κ1) is 18.9. The molecule has 1 aromatic heterocycles. The zero-order chi connectivity index (χ0) is 19.2. The van der Waals surface area contributed by atoms with E-state index in [0.29, 0.717) is 36.5 Å². The van der Waals surface area contributed by atoms with Crippen LogP contribution in [0.25, 0.3) is 11.4 Å². The van der Waals surface area contributed by atoms with Gasteiger partial charge in [-0.2, -0.15) is 4.80 Å². The van der Waals surface area contributed by atoms with Crippen LogP contribution < -0.4 is 5.32 Å². The number of para-hydroxylation sites is 1. The molecule has 0 aliphatic carbocycles. The first-order valence-electron chi connectivity index (χ1n) is 8.46. The van der Waals surface area contributed by atoms with Crippen molar-refractivity contribution in [2.75, 3.05) is 5.32 Å². The Morgan fingerprint density at radius 1 is 1.11 bits per heavy atom. The van der Waals surface area contributed by atoms with Crippen LogP contribution in [0.1, 0.15) is 30.1 Å². The molecular formula is C19H18BrN5O2. The van der Waals surface area contributed by atoms with Gasteiger partial charge in [-0.25, -0.2) is 0 Å². The van der Waals surface area contributed by atoms with E-state index in [-0.39, 0.29) is 11.7 Å². The van der Waals surface area contributed by atoms with Crippen molar-refractivity contribution in [1.29, 1.82) is 0 Å². The van der Waals surface area contributed by atoms with E-state index in [1.807, 2.05) is 24.3 Å². The van der Waals surface area contributed by atoms with E-state index in [4.69, 9.17) is 0 Å². The standard InChI is InChI=1S/C19H18BrN5O2/c1-13(26)16-5-2-3-6-17(16)21-18(27)7-4-12-25-23-19(22-24-25)14-8-10-15(20)11-9-14/h2-3,5-6,8-11H,4,7,12H2,1H3,(H,21,27). The number of halogens is 1. The molecule has 0 aliphatic rings. The van der Waals surface area contributed by atoms with Crippen molar-refractivity contribution >= 4 is 33.3 Å². The van der Waals surface area contributed by atoms with Gasteiger partial charge in [0.25, 0.3) is 0 Å². The fourth-order valence-corrected chi connectivity index (χ4v) is 2.81. The molecule has 0 radical (unpaired) electrons. The number of carbonyl (C=O) groups is 2. The molecule has 0 atom stereocenters. The number of rotatable bonds is 7. The summed E-state index contributed by atoms with van der Waals surface area (Å²) in [7, 11) is 0. The highest BCUT2D eigenvalue weighted by molar-refractivity contribution is 9.10. The Hall–Kier alpha value is -2.87. The van der Waals surface area contributed by atoms with Crippen LogP contribution in [-0.2, 0) is 11.3 Å². The highest BCUT2D eigenvalue weighted by atomic mass is 79.9. The number of ketones is 1. The van der Waals surface area contributed by atoms with Gasteiger partial charge in [0, 0.05) is 22.0 Å². The number of nitrogens with zero attached hydrogens (tertiary/aromatic N) is 4. The van der Waals surface area contributed by atoms with Gasteiger partial charge in [-0.15, -0.1) is 10.2 Å². The Kier molecular flexibility index (Phi) is 6.08. The van der Waals surface area contributed by atoms with Crippen molar-refractivity contribution in [3.05, 3.63) is 58.6 Å². The fraction of sp³-hybridized carbons (Fsp3) is 0.211. The normalized spacial score (nSPS) is 10.6. The Balaban J connectivity index is 1.52. The number of hydrogen-bond donors (Lipinski definition) is 1. The van der Waals surface area contributed by atoms with Crippen LogP contribution in [0.15, 0.2) is 53.0 Å². The molecule has 2 aromatic carbocycles. The number of tetrazole rings is 1. The maximum absolute atomic E-state index is 12.1. The minimum absolute atomic E-state index is 0.0850. The predicted molar refractivity (Wildman–Crippen MR) is 105 cm³/mol. The van der Waals surface area contributed by atoms with Gasteiger partial charge in [0.2, 0.25) is 11.7 Å². The third-order valence-electron chi connectivity index (χ3n) is 3.90. The summed E-state index contributed by atoms with van der Waals surface area (Å²) in [4.78, 5) is 25.2. The van der Waals surface area contributed by atoms with Gasteiger partial charge < -0.3 is 5.32 Å². The Morgan fingerprint density at radius 3 is 2.59 bits per heavy atom. The van der Waals surface area contributed by atoms with Gasteiger partial charge >= 0.3 is 0 Å². The molecule has 27 heavy (non-hydrogen) atoms. The van der Waals surface area contributed by atoms with Crippen molar-refractivity contribution < 1.29 is 9.59 Å². The van der Waals surface area contributed by atoms with E-state index < -0.39 is 0 Å². The van der Waals surface area contributed by atoms with Crippen molar-refractivity contribution in [3.8, 4) is 11.4 Å². The van der Waals surface area contributed by atoms with Crippen LogP contribution >= 0.6 is 15.9 Å². The number of hydrogen-bond acceptors (Lipinski definition) is 5. The molecular weight excluding hydrogens is 410 g/mol. The molecule has 0 aliphatic heterocycles. The SMILES string of the molecule is CC(=O)c1ccccc1NC(=O)CCCn1nnc(-c2ccc(Br)cc2)n1. The minimum Gasteiger partial charge on any atom is -0.325 e. The van der Waals surface area contributed by atoms with Crippen molar-refractivity contribution in [2.45, 2.75) is 26.3 Å². The van der Waals surface area contributed by atoms with Gasteiger partial charge in [0.1, 0.15) is 0 Å². The van der Waals surface area contributed by atoms with E-state index in [9.17, 15) is 9.59 Å². The molecule has 0 unspecified atom stereocenters. The lowest BCUT2D eigenvalue weighted by Crippen LogP contribution is -2.15. The highest BCUT2D eigenvalue weighted by Gasteiger charge is 2.10. The average Bonchev–Trinajstić information content (AvgIpc) is 3.11. The summed E-state index contributed by atoms with van der Waals surface area (Å²) in [5.74, 6) is 0.303. The summed E-state index contributed by atoms with van der Waals surface area (Å²) >= 11 is 3.39. The zero-order valence-corrected chi connectivity index (χ0v) is 16.3. The van der Waals surface area contributed by atoms with E-state index in [1.54, 1.807) is 24.3 Å². The largest absolute Gasteiger partial charge is 0.325 e. The fourth-order valence-electron chi connectivity index (χ4n) is 2.55. The summed E-state index contributed by atoms with van der Waals surface area (Å²) in [6, 6.07) is 14.6. The van der Waals surface area contributed by atoms with E-state index in [1.165, 1.54) is 11.7 Å². The zero-order valence-electron chi connectivity index (χ0n) is 14.7. The summed E-state index contributed by atoms with van der Waals surface area (Å²) in [5, 5.41) is 15.2. The number of anilines is 1. The third kappa shape index (κ3) is 5.07. The number of nitrogens with one attached hydrogen (secondary N) is 1. The second-order valence-electron chi connectivity index (χ2n) is 5.97. The number of Topliss-reactive ketones (excluding diaryl/α,β-unsaturated/α-hetero) is 1. The number of aromatic nitrogens is 4. The molecule has 1 amide bonds. The Bertz CT molecular complexity index is 953. The molecule has 0 saturated carbocycles. The lowest BCUT2D eigenvalue weighted by molar-refractivity contribution is -0.116. The van der Waals surface area contributed by atoms with Crippen LogP contribution in [0, 0.1) is 0 Å². The molecule has 3 rings (SSSR count). The molecule has 0 spiro atoms. The first-order chi connectivity index (χ1) is 13.0. The van der Waals surface area contributed by atoms with Crippen LogP contribution in [0.4, 0.5) is 5.69 Å². The lowest BCUT2D eigenvalue weighted by Gasteiger charge is -2.08. The molecule has 0 saturated heterocycles. The second-order valence-corrected chi connectivity index (χ2v) is 6.89. The molecule has 8 heteroatoms. The topological polar surface area (TPSA) is 89.8 Å². The molecule has 1 heterocycles. The average molecular weight is 428 g/mol. The number of benzene rings is 2. The number of aryl methyl sites for hydroxylation is 1. The van der Waals surface area contributed by atoms with Crippen LogP contribution in [0.2, 0.25) is 0 Å². The minimum atomic E-state index is -0.156. The second kappa shape index (κ2) is 8.68. The molecule has 0 fully saturated rings. The van der Waals surface area contributed by atoms with Crippen molar-refractivity contribution in [2.24, 2.45) is 0 Å². The molecule has 3 aromatic rings. The molecule has 1 N–H and O–H groups in total. The van der Waals surface area contributed by atoms with Gasteiger partial charge in [-0.1, -0.05) is 28.1 Å². The number of amides is 1. The van der Waals surface area contributed by atoms with Gasteiger partial charge in [-0.3, -0.25) is 9.59 Å². The van der Waals surface area contributed by atoms with Crippen LogP contribution in [0.5, 0.6) is 0 Å². The smallest absolute Gasteiger partial charge is 0.224 e. The maximum atomic E-state index is 12.1. The molecule has 0 bridgehead atoms. The first-order valence-corrected chi connectivity index (χ1v) is 9.26. The number of carbonyl (C=O) groups excluding carboxylic acids is 2. The molecule has 7 nitrogen and oxygen atoms in total. The van der Waals surface area contributed by atoms with Gasteiger partial charge in [0.15, 0.2) is 5.78 Å². The van der Waals surface area contributed by atoms with Gasteiger partial charge in [0.05, 0.1) is 12.2 Å². The molecule has 138 valence electrons. The quantitative estimate of drug-likeness (QED) is 0.580. The van der Waals surface area contributed by atoms with Crippen LogP contribution in [0.3, 0.4) is 0 Å². The van der Waals surface area contributed by atoms with Gasteiger partial charge in [-0.05, 0) is 55.0 Å². The monoisotopic (exact) mass is 427 g/mol. The van der Waals surface area contributed by atoms with Crippen molar-refractivity contribution in [3.63, 3.8) is 0 Å². The summed E-state index contributed by atoms with van der Waals surface area (Å²) < 4.78 is 0.982. The summed E-state index contributed by atoms with van der Waals surface area (Å²) in [6.07, 6.45) is 0.853. The van der Waals surface area contributed by atoms with E-state index in [0.717, 1.165) is 10.0 Å². The Labute approximate surface area is 164 Å². The lowest BCUT2D eigenvalue weighted by atomic mass is 10.1. The van der Waals surface area contributed by atoms with Crippen molar-refractivity contribution in [1.82, 2.24) is 20.2 Å².